The smallest absolute Gasteiger partial charge is 0.480 e. The van der Waals surface area contributed by atoms with E-state index in [1.165, 1.54) is 24.3 Å². The van der Waals surface area contributed by atoms with Gasteiger partial charge in [0, 0.05) is 70.5 Å². The molecule has 0 bridgehead atoms. The Morgan fingerprint density at radius 3 is 1.55 bits per heavy atom. The number of nitrogens with zero attached hydrogens (tertiary/aromatic N) is 4. The standard InChI is InChI=1S/C31H48N6O12/c1-23(2)33-30(45)24-3-5-25(6-4-24)49-31(46)48-18-17-47-16-7-32-26(38)19-34-8-10-35(20-27(39)40)12-14-37(22-29(43)44)15-13-36(11-9-34)21-28(41)42/h3-6,23H,7-22H2,1-2H3,(H,32,38)(H,33,45)(H,39,40)(H,41,42)(H,43,44). The molecule has 0 spiro atoms. The Labute approximate surface area is 284 Å². The first-order chi connectivity index (χ1) is 23.3. The Morgan fingerprint density at radius 1 is 0.673 bits per heavy atom. The fourth-order valence-corrected chi connectivity index (χ4v) is 4.74. The van der Waals surface area contributed by atoms with Gasteiger partial charge in [0.1, 0.15) is 12.4 Å². The molecule has 0 aromatic heterocycles. The first kappa shape index (κ1) is 40.8. The molecule has 0 unspecified atom stereocenters. The van der Waals surface area contributed by atoms with Crippen molar-refractivity contribution >= 4 is 35.9 Å². The maximum absolute atomic E-state index is 12.7. The molecule has 0 atom stereocenters. The van der Waals surface area contributed by atoms with Crippen LogP contribution in [0.5, 0.6) is 5.75 Å². The second-order valence-electron chi connectivity index (χ2n) is 11.6. The number of hydrogen-bond donors (Lipinski definition) is 5. The van der Waals surface area contributed by atoms with Gasteiger partial charge in [-0.25, -0.2) is 4.79 Å². The van der Waals surface area contributed by atoms with Crippen LogP contribution >= 0.6 is 0 Å². The molecule has 2 rings (SSSR count). The summed E-state index contributed by atoms with van der Waals surface area (Å²) in [6.07, 6.45) is -0.941. The molecule has 18 heteroatoms. The summed E-state index contributed by atoms with van der Waals surface area (Å²) in [7, 11) is 0. The third-order valence-electron chi connectivity index (χ3n) is 7.13. The Morgan fingerprint density at radius 2 is 1.12 bits per heavy atom. The molecule has 49 heavy (non-hydrogen) atoms. The number of rotatable bonds is 17. The van der Waals surface area contributed by atoms with Crippen molar-refractivity contribution in [3.05, 3.63) is 29.8 Å². The molecule has 274 valence electrons. The highest BCUT2D eigenvalue weighted by atomic mass is 16.7. The lowest BCUT2D eigenvalue weighted by atomic mass is 10.2. The molecule has 5 N–H and O–H groups in total. The van der Waals surface area contributed by atoms with Crippen molar-refractivity contribution in [3.8, 4) is 5.75 Å². The van der Waals surface area contributed by atoms with Crippen molar-refractivity contribution in [2.24, 2.45) is 0 Å². The Hall–Kier alpha value is -4.36. The number of hydrogen-bond acceptors (Lipinski definition) is 13. The van der Waals surface area contributed by atoms with E-state index in [4.69, 9.17) is 14.2 Å². The van der Waals surface area contributed by atoms with Gasteiger partial charge in [-0.1, -0.05) is 0 Å². The van der Waals surface area contributed by atoms with Gasteiger partial charge in [-0.05, 0) is 38.1 Å². The first-order valence-corrected chi connectivity index (χ1v) is 16.0. The van der Waals surface area contributed by atoms with Crippen molar-refractivity contribution in [1.82, 2.24) is 30.2 Å². The number of carboxylic acid groups (broad SMARTS) is 3. The van der Waals surface area contributed by atoms with E-state index in [-0.39, 0.29) is 102 Å². The van der Waals surface area contributed by atoms with Crippen LogP contribution in [0.15, 0.2) is 24.3 Å². The highest BCUT2D eigenvalue weighted by molar-refractivity contribution is 5.94. The maximum Gasteiger partial charge on any atom is 0.513 e. The molecule has 1 heterocycles. The van der Waals surface area contributed by atoms with Crippen molar-refractivity contribution in [2.75, 3.05) is 105 Å². The molecule has 18 nitrogen and oxygen atoms in total. The molecule has 1 aromatic rings. The van der Waals surface area contributed by atoms with Crippen molar-refractivity contribution in [3.63, 3.8) is 0 Å². The molecule has 0 radical (unpaired) electrons. The van der Waals surface area contributed by atoms with E-state index >= 15 is 0 Å². The number of carboxylic acids is 3. The van der Waals surface area contributed by atoms with Gasteiger partial charge in [0.2, 0.25) is 5.91 Å². The first-order valence-electron chi connectivity index (χ1n) is 16.0. The lowest BCUT2D eigenvalue weighted by molar-refractivity contribution is -0.140. The van der Waals surface area contributed by atoms with Crippen LogP contribution < -0.4 is 15.4 Å². The minimum Gasteiger partial charge on any atom is -0.480 e. The Balaban J connectivity index is 1.77. The second kappa shape index (κ2) is 22.3. The average molecular weight is 697 g/mol. The van der Waals surface area contributed by atoms with Crippen LogP contribution in [0.1, 0.15) is 24.2 Å². The summed E-state index contributed by atoms with van der Waals surface area (Å²) in [6, 6.07) is 5.99. The normalized spacial score (nSPS) is 15.8. The summed E-state index contributed by atoms with van der Waals surface area (Å²) >= 11 is 0. The highest BCUT2D eigenvalue weighted by Gasteiger charge is 2.21. The fourth-order valence-electron chi connectivity index (χ4n) is 4.74. The lowest BCUT2D eigenvalue weighted by Crippen LogP contribution is -2.50. The molecule has 1 aliphatic rings. The van der Waals surface area contributed by atoms with Crippen molar-refractivity contribution in [2.45, 2.75) is 19.9 Å². The zero-order valence-corrected chi connectivity index (χ0v) is 28.0. The molecule has 2 amide bonds. The number of amides is 2. The van der Waals surface area contributed by atoms with Crippen LogP contribution in [0.3, 0.4) is 0 Å². The third-order valence-corrected chi connectivity index (χ3v) is 7.13. The van der Waals surface area contributed by atoms with Gasteiger partial charge >= 0.3 is 24.1 Å². The summed E-state index contributed by atoms with van der Waals surface area (Å²) in [5, 5.41) is 33.5. The van der Waals surface area contributed by atoms with Crippen LogP contribution in [0.2, 0.25) is 0 Å². The molecule has 1 aliphatic heterocycles. The van der Waals surface area contributed by atoms with Crippen LogP contribution in [-0.2, 0) is 28.7 Å². The second-order valence-corrected chi connectivity index (χ2v) is 11.6. The summed E-state index contributed by atoms with van der Waals surface area (Å²) in [5.41, 5.74) is 0.422. The van der Waals surface area contributed by atoms with Crippen LogP contribution in [-0.4, -0.2) is 182 Å². The number of aliphatic carboxylic acids is 3. The fraction of sp³-hybridized carbons (Fsp3) is 0.613. The summed E-state index contributed by atoms with van der Waals surface area (Å²) < 4.78 is 15.5. The number of nitrogens with one attached hydrogen (secondary N) is 2. The topological polar surface area (TPSA) is 228 Å². The minimum atomic E-state index is -1.04. The van der Waals surface area contributed by atoms with Gasteiger partial charge in [-0.3, -0.25) is 43.6 Å². The zero-order valence-electron chi connectivity index (χ0n) is 28.0. The average Bonchev–Trinajstić information content (AvgIpc) is 3.01. The molecule has 1 fully saturated rings. The largest absolute Gasteiger partial charge is 0.513 e. The van der Waals surface area contributed by atoms with Gasteiger partial charge in [0.25, 0.3) is 5.91 Å². The number of carbonyl (C=O) groups excluding carboxylic acids is 3. The van der Waals surface area contributed by atoms with Crippen LogP contribution in [0.25, 0.3) is 0 Å². The Kier molecular flexibility index (Phi) is 18.6. The zero-order chi connectivity index (χ0) is 36.2. The number of carbonyl (C=O) groups is 6. The van der Waals surface area contributed by atoms with E-state index in [0.717, 1.165) is 0 Å². The molecule has 1 saturated heterocycles. The lowest BCUT2D eigenvalue weighted by Gasteiger charge is -2.32. The maximum atomic E-state index is 12.7. The van der Waals surface area contributed by atoms with Gasteiger partial charge in [-0.2, -0.15) is 0 Å². The van der Waals surface area contributed by atoms with E-state index in [1.807, 2.05) is 18.7 Å². The molecule has 0 saturated carbocycles. The SMILES string of the molecule is CC(C)NC(=O)c1ccc(OC(=O)OCCOCCNC(=O)CN2CCN(CC(=O)O)CCN(CC(=O)O)CCN(CC(=O)O)CC2)cc1. The van der Waals surface area contributed by atoms with Gasteiger partial charge in [0.15, 0.2) is 0 Å². The van der Waals surface area contributed by atoms with E-state index in [0.29, 0.717) is 31.7 Å². The van der Waals surface area contributed by atoms with Gasteiger partial charge in [-0.15, -0.1) is 0 Å². The quantitative estimate of drug-likeness (QED) is 0.0744. The van der Waals surface area contributed by atoms with Crippen LogP contribution in [0.4, 0.5) is 4.79 Å². The van der Waals surface area contributed by atoms with Crippen LogP contribution in [0, 0.1) is 0 Å². The highest BCUT2D eigenvalue weighted by Crippen LogP contribution is 2.13. The Bertz CT molecular complexity index is 1200. The molecule has 1 aromatic carbocycles. The van der Waals surface area contributed by atoms with E-state index < -0.39 is 24.1 Å². The number of benzene rings is 1. The van der Waals surface area contributed by atoms with Crippen molar-refractivity contribution in [1.29, 1.82) is 0 Å². The summed E-state index contributed by atoms with van der Waals surface area (Å²) in [4.78, 5) is 77.7. The molecular formula is C31H48N6O12. The predicted octanol–water partition coefficient (Wildman–Crippen LogP) is -1.05. The molecular weight excluding hydrogens is 648 g/mol. The monoisotopic (exact) mass is 696 g/mol. The van der Waals surface area contributed by atoms with E-state index in [1.54, 1.807) is 14.7 Å². The van der Waals surface area contributed by atoms with E-state index in [9.17, 15) is 44.1 Å². The summed E-state index contributed by atoms with van der Waals surface area (Å²) in [5.74, 6) is -3.45. The van der Waals surface area contributed by atoms with Gasteiger partial charge < -0.3 is 40.2 Å². The predicted molar refractivity (Wildman–Crippen MR) is 174 cm³/mol. The van der Waals surface area contributed by atoms with Crippen molar-refractivity contribution < 1.29 is 58.3 Å². The minimum absolute atomic E-state index is 0.0150. The molecule has 0 aliphatic carbocycles. The number of ether oxygens (including phenoxy) is 3. The summed E-state index contributed by atoms with van der Waals surface area (Å²) in [6.45, 7) is 5.52. The third kappa shape index (κ3) is 18.7. The van der Waals surface area contributed by atoms with E-state index in [2.05, 4.69) is 10.6 Å². The van der Waals surface area contributed by atoms with Gasteiger partial charge in [0.05, 0.1) is 39.4 Å².